The van der Waals surface area contributed by atoms with Gasteiger partial charge in [-0.2, -0.15) is 0 Å². The van der Waals surface area contributed by atoms with Crippen molar-refractivity contribution in [3.63, 3.8) is 0 Å². The predicted octanol–water partition coefficient (Wildman–Crippen LogP) is 1.38. The molecule has 0 spiro atoms. The molecule has 18 heavy (non-hydrogen) atoms. The van der Waals surface area contributed by atoms with Gasteiger partial charge >= 0.3 is 0 Å². The van der Waals surface area contributed by atoms with Gasteiger partial charge in [0.15, 0.2) is 0 Å². The van der Waals surface area contributed by atoms with Crippen molar-refractivity contribution in [2.24, 2.45) is 0 Å². The molecule has 0 aliphatic rings. The van der Waals surface area contributed by atoms with Crippen molar-refractivity contribution in [3.8, 4) is 0 Å². The van der Waals surface area contributed by atoms with E-state index in [1.54, 1.807) is 0 Å². The van der Waals surface area contributed by atoms with E-state index < -0.39 is 0 Å². The second-order valence-corrected chi connectivity index (χ2v) is 5.68. The normalized spacial score (nSPS) is 11.8. The minimum atomic E-state index is -0.0348. The fraction of sp³-hybridized carbons (Fsp3) is 0.500. The lowest BCUT2D eigenvalue weighted by Crippen LogP contribution is -2.46. The third-order valence-corrected chi connectivity index (χ3v) is 3.82. The molecule has 1 rings (SSSR count). The van der Waals surface area contributed by atoms with Crippen molar-refractivity contribution in [2.45, 2.75) is 33.2 Å². The highest BCUT2D eigenvalue weighted by Crippen LogP contribution is 2.19. The lowest BCUT2D eigenvalue weighted by Gasteiger charge is -2.35. The predicted molar refractivity (Wildman–Crippen MR) is 80.9 cm³/mol. The summed E-state index contributed by atoms with van der Waals surface area (Å²) in [6, 6.07) is 4.29. The maximum Gasteiger partial charge on any atom is 0.0552 e. The Morgan fingerprint density at radius 3 is 1.94 bits per heavy atom. The van der Waals surface area contributed by atoms with Gasteiger partial charge in [-0.05, 0) is 58.1 Å². The van der Waals surface area contributed by atoms with Crippen LogP contribution >= 0.6 is 0 Å². The molecular weight excluding hydrogens is 220 g/mol. The van der Waals surface area contributed by atoms with Crippen molar-refractivity contribution >= 4 is 12.3 Å². The Bertz CT molecular complexity index is 510. The van der Waals surface area contributed by atoms with Crippen LogP contribution in [0.4, 0.5) is 0 Å². The first-order valence-corrected chi connectivity index (χ1v) is 6.38. The number of hydrogen-bond donors (Lipinski definition) is 1. The van der Waals surface area contributed by atoms with E-state index in [2.05, 4.69) is 70.7 Å². The third-order valence-electron chi connectivity index (χ3n) is 3.82. The number of nitrogens with zero attached hydrogens (tertiary/aromatic N) is 1. The number of likely N-dealkylation sites (N-methyl/N-ethyl adjacent to an activating group) is 2. The summed E-state index contributed by atoms with van der Waals surface area (Å²) < 4.78 is 0. The van der Waals surface area contributed by atoms with Gasteiger partial charge in [-0.3, -0.25) is 4.90 Å². The third kappa shape index (κ3) is 2.59. The monoisotopic (exact) mass is 246 g/mol. The van der Waals surface area contributed by atoms with E-state index in [4.69, 9.17) is 0 Å². The molecule has 2 nitrogen and oxygen atoms in total. The average molecular weight is 246 g/mol. The van der Waals surface area contributed by atoms with Crippen molar-refractivity contribution in [1.82, 2.24) is 10.2 Å². The number of nitrogens with one attached hydrogen (secondary N) is 1. The van der Waals surface area contributed by atoms with Crippen molar-refractivity contribution in [3.05, 3.63) is 33.7 Å². The van der Waals surface area contributed by atoms with E-state index in [-0.39, 0.29) is 5.54 Å². The molecule has 0 saturated heterocycles. The van der Waals surface area contributed by atoms with Gasteiger partial charge in [0.1, 0.15) is 0 Å². The Hall–Kier alpha value is -1.28. The van der Waals surface area contributed by atoms with Crippen LogP contribution in [-0.4, -0.2) is 31.6 Å². The van der Waals surface area contributed by atoms with Gasteiger partial charge in [0, 0.05) is 18.0 Å². The van der Waals surface area contributed by atoms with Gasteiger partial charge in [0.2, 0.25) is 0 Å². The summed E-state index contributed by atoms with van der Waals surface area (Å²) in [5, 5.41) is 5.78. The van der Waals surface area contributed by atoms with Crippen LogP contribution in [0.3, 0.4) is 0 Å². The van der Waals surface area contributed by atoms with Gasteiger partial charge in [0.25, 0.3) is 0 Å². The Labute approximate surface area is 111 Å². The fourth-order valence-electron chi connectivity index (χ4n) is 2.41. The molecule has 0 heterocycles. The van der Waals surface area contributed by atoms with E-state index in [0.717, 1.165) is 5.22 Å². The molecule has 0 unspecified atom stereocenters. The maximum atomic E-state index is 4.03. The highest BCUT2D eigenvalue weighted by atomic mass is 15.2. The Morgan fingerprint density at radius 1 is 1.17 bits per heavy atom. The largest absolute Gasteiger partial charge is 0.389 e. The number of rotatable bonds is 3. The molecule has 1 aromatic rings. The summed E-state index contributed by atoms with van der Waals surface area (Å²) in [6.45, 7) is 12.8. The molecule has 0 aliphatic carbocycles. The molecule has 100 valence electrons. The number of hydrogen-bond acceptors (Lipinski definition) is 2. The van der Waals surface area contributed by atoms with E-state index in [0.29, 0.717) is 0 Å². The summed E-state index contributed by atoms with van der Waals surface area (Å²) in [7, 11) is 6.22. The van der Waals surface area contributed by atoms with Crippen LogP contribution < -0.4 is 15.8 Å². The minimum Gasteiger partial charge on any atom is -0.389 e. The zero-order chi connectivity index (χ0) is 14.1. The molecule has 0 saturated carbocycles. The quantitative estimate of drug-likeness (QED) is 0.867. The lowest BCUT2D eigenvalue weighted by molar-refractivity contribution is 0.255. The van der Waals surface area contributed by atoms with Crippen LogP contribution in [0.15, 0.2) is 12.1 Å². The molecule has 2 heteroatoms. The van der Waals surface area contributed by atoms with Gasteiger partial charge in [-0.25, -0.2) is 0 Å². The van der Waals surface area contributed by atoms with Crippen molar-refractivity contribution in [1.29, 1.82) is 0 Å². The summed E-state index contributed by atoms with van der Waals surface area (Å²) in [4.78, 5) is 2.23. The SMILES string of the molecule is C=c1cc(C)c(=C(NC)C(C)(C)N(C)C)c(C)c1. The standard InChI is InChI=1S/C16H26N2/c1-11-9-12(2)14(13(3)10-11)15(17-6)16(4,5)18(7)8/h9-10,17H,1H2,2-8H3. The second-order valence-electron chi connectivity index (χ2n) is 5.68. The van der Waals surface area contributed by atoms with Crippen LogP contribution in [0.5, 0.6) is 0 Å². The molecule has 0 aromatic heterocycles. The highest BCUT2D eigenvalue weighted by Gasteiger charge is 2.26. The van der Waals surface area contributed by atoms with Crippen LogP contribution in [0.2, 0.25) is 0 Å². The van der Waals surface area contributed by atoms with Crippen LogP contribution in [0, 0.1) is 13.8 Å². The molecule has 0 fully saturated rings. The maximum absolute atomic E-state index is 4.03. The van der Waals surface area contributed by atoms with Crippen molar-refractivity contribution in [2.75, 3.05) is 21.1 Å². The molecule has 0 radical (unpaired) electrons. The average Bonchev–Trinajstić information content (AvgIpc) is 2.22. The summed E-state index contributed by atoms with van der Waals surface area (Å²) in [5.41, 5.74) is 3.77. The Morgan fingerprint density at radius 2 is 1.61 bits per heavy atom. The molecular formula is C16H26N2. The molecule has 0 aliphatic heterocycles. The van der Waals surface area contributed by atoms with E-state index in [9.17, 15) is 0 Å². The summed E-state index contributed by atoms with van der Waals surface area (Å²) in [6.07, 6.45) is 0. The number of aryl methyl sites for hydroxylation is 2. The molecule has 0 atom stereocenters. The first-order chi connectivity index (χ1) is 8.21. The molecule has 0 bridgehead atoms. The molecule has 1 N–H and O–H groups in total. The second kappa shape index (κ2) is 5.15. The van der Waals surface area contributed by atoms with Gasteiger partial charge in [-0.15, -0.1) is 0 Å². The Kier molecular flexibility index (Phi) is 4.23. The van der Waals surface area contributed by atoms with Crippen LogP contribution in [0.1, 0.15) is 25.0 Å². The zero-order valence-corrected chi connectivity index (χ0v) is 12.8. The molecule has 0 amide bonds. The zero-order valence-electron chi connectivity index (χ0n) is 12.8. The summed E-state index contributed by atoms with van der Waals surface area (Å²) >= 11 is 0. The summed E-state index contributed by atoms with van der Waals surface area (Å²) in [5.74, 6) is 0. The van der Waals surface area contributed by atoms with Gasteiger partial charge < -0.3 is 5.32 Å². The number of benzene rings is 1. The fourth-order valence-corrected chi connectivity index (χ4v) is 2.41. The van der Waals surface area contributed by atoms with Crippen LogP contribution in [-0.2, 0) is 0 Å². The first kappa shape index (κ1) is 14.8. The van der Waals surface area contributed by atoms with Gasteiger partial charge in [0.05, 0.1) is 5.54 Å². The van der Waals surface area contributed by atoms with Crippen LogP contribution in [0.25, 0.3) is 12.3 Å². The van der Waals surface area contributed by atoms with E-state index >= 15 is 0 Å². The van der Waals surface area contributed by atoms with E-state index in [1.165, 1.54) is 22.0 Å². The Balaban J connectivity index is 3.75. The lowest BCUT2D eigenvalue weighted by atomic mass is 9.93. The van der Waals surface area contributed by atoms with E-state index in [1.807, 2.05) is 7.05 Å². The van der Waals surface area contributed by atoms with Gasteiger partial charge in [-0.1, -0.05) is 18.7 Å². The minimum absolute atomic E-state index is 0.0348. The van der Waals surface area contributed by atoms with Crippen molar-refractivity contribution < 1.29 is 0 Å². The smallest absolute Gasteiger partial charge is 0.0552 e. The highest BCUT2D eigenvalue weighted by molar-refractivity contribution is 5.56. The molecule has 1 aromatic carbocycles. The first-order valence-electron chi connectivity index (χ1n) is 6.38. The topological polar surface area (TPSA) is 15.3 Å².